The van der Waals surface area contributed by atoms with E-state index >= 15 is 0 Å². The van der Waals surface area contributed by atoms with Crippen LogP contribution < -0.4 is 16.2 Å². The molecule has 8 heteroatoms. The highest BCUT2D eigenvalue weighted by atomic mass is 32.1. The van der Waals surface area contributed by atoms with Gasteiger partial charge in [0.2, 0.25) is 0 Å². The van der Waals surface area contributed by atoms with Crippen LogP contribution in [0.25, 0.3) is 0 Å². The fourth-order valence-corrected chi connectivity index (χ4v) is 3.04. The molecule has 1 aliphatic heterocycles. The van der Waals surface area contributed by atoms with Gasteiger partial charge in [-0.3, -0.25) is 4.79 Å². The Morgan fingerprint density at radius 1 is 1.52 bits per heavy atom. The number of aromatic nitrogens is 4. The molecule has 1 fully saturated rings. The van der Waals surface area contributed by atoms with Gasteiger partial charge in [-0.1, -0.05) is 11.4 Å². The molecule has 0 aliphatic carbocycles. The van der Waals surface area contributed by atoms with Crippen LogP contribution in [0, 0.1) is 5.92 Å². The van der Waals surface area contributed by atoms with Crippen LogP contribution in [-0.4, -0.2) is 32.5 Å². The Kier molecular flexibility index (Phi) is 3.87. The molecule has 0 bridgehead atoms. The zero-order valence-corrected chi connectivity index (χ0v) is 12.7. The van der Waals surface area contributed by atoms with Crippen molar-refractivity contribution in [1.82, 2.24) is 19.4 Å². The summed E-state index contributed by atoms with van der Waals surface area (Å²) in [6, 6.07) is 1.64. The summed E-state index contributed by atoms with van der Waals surface area (Å²) in [4.78, 5) is 14.4. The molecule has 1 saturated heterocycles. The summed E-state index contributed by atoms with van der Waals surface area (Å²) in [5.41, 5.74) is 7.09. The summed E-state index contributed by atoms with van der Waals surface area (Å²) in [6.45, 7) is 4.46. The van der Waals surface area contributed by atoms with Crippen molar-refractivity contribution in [1.29, 1.82) is 0 Å². The molecule has 3 heterocycles. The van der Waals surface area contributed by atoms with Crippen LogP contribution in [0.5, 0.6) is 0 Å². The highest BCUT2D eigenvalue weighted by Gasteiger charge is 2.17. The van der Waals surface area contributed by atoms with Crippen LogP contribution in [-0.2, 0) is 6.54 Å². The van der Waals surface area contributed by atoms with Crippen molar-refractivity contribution in [2.24, 2.45) is 5.92 Å². The van der Waals surface area contributed by atoms with Crippen molar-refractivity contribution in [2.45, 2.75) is 26.3 Å². The smallest absolute Gasteiger partial charge is 0.269 e. The van der Waals surface area contributed by atoms with E-state index in [4.69, 9.17) is 5.73 Å². The Bertz CT molecular complexity index is 681. The second kappa shape index (κ2) is 5.80. The molecule has 1 unspecified atom stereocenters. The molecular formula is C13H18N6OS. The zero-order valence-electron chi connectivity index (χ0n) is 11.9. The van der Waals surface area contributed by atoms with Crippen molar-refractivity contribution in [3.63, 3.8) is 0 Å². The predicted octanol–water partition coefficient (Wildman–Crippen LogP) is 0.962. The van der Waals surface area contributed by atoms with Gasteiger partial charge in [-0.25, -0.2) is 4.68 Å². The van der Waals surface area contributed by atoms with E-state index in [0.29, 0.717) is 16.6 Å². The molecule has 0 spiro atoms. The van der Waals surface area contributed by atoms with Crippen LogP contribution in [0.2, 0.25) is 0 Å². The van der Waals surface area contributed by atoms with Crippen LogP contribution in [0.3, 0.4) is 0 Å². The summed E-state index contributed by atoms with van der Waals surface area (Å²) in [5.74, 6) is 0.655. The summed E-state index contributed by atoms with van der Waals surface area (Å²) in [7, 11) is 0. The molecular weight excluding hydrogens is 288 g/mol. The minimum absolute atomic E-state index is 0.141. The fourth-order valence-electron chi connectivity index (χ4n) is 2.61. The maximum Gasteiger partial charge on any atom is 0.269 e. The molecule has 0 radical (unpaired) electrons. The number of nitrogens with two attached hydrogens (primary N) is 1. The van der Waals surface area contributed by atoms with E-state index in [1.807, 2.05) is 0 Å². The van der Waals surface area contributed by atoms with Crippen molar-refractivity contribution in [3.8, 4) is 0 Å². The zero-order chi connectivity index (χ0) is 14.8. The van der Waals surface area contributed by atoms with Gasteiger partial charge in [0.05, 0.1) is 18.4 Å². The van der Waals surface area contributed by atoms with Gasteiger partial charge >= 0.3 is 0 Å². The fraction of sp³-hybridized carbons (Fsp3) is 0.538. The Hall–Kier alpha value is -1.96. The Morgan fingerprint density at radius 2 is 2.38 bits per heavy atom. The molecule has 3 rings (SSSR count). The molecule has 0 saturated carbocycles. The lowest BCUT2D eigenvalue weighted by atomic mass is 10.00. The minimum atomic E-state index is -0.141. The normalized spacial score (nSPS) is 18.9. The van der Waals surface area contributed by atoms with E-state index < -0.39 is 0 Å². The van der Waals surface area contributed by atoms with E-state index in [1.54, 1.807) is 12.3 Å². The molecule has 0 amide bonds. The maximum absolute atomic E-state index is 12.2. The molecule has 2 aromatic heterocycles. The Morgan fingerprint density at radius 3 is 3.05 bits per heavy atom. The third-order valence-corrected chi connectivity index (χ3v) is 4.36. The van der Waals surface area contributed by atoms with Gasteiger partial charge in [0.15, 0.2) is 0 Å². The van der Waals surface area contributed by atoms with Gasteiger partial charge in [0.1, 0.15) is 10.7 Å². The first kappa shape index (κ1) is 14.0. The monoisotopic (exact) mass is 306 g/mol. The minimum Gasteiger partial charge on any atom is -0.388 e. The standard InChI is InChI=1S/C13H18N6OS/c1-9-3-2-4-18(7-9)10-5-12(20)19(15-6-10)8-11-13(14)21-17-16-11/h5-6,9H,2-4,7-8,14H2,1H3. The lowest BCUT2D eigenvalue weighted by Crippen LogP contribution is -2.35. The molecule has 2 N–H and O–H groups in total. The Labute approximate surface area is 126 Å². The van der Waals surface area contributed by atoms with E-state index in [9.17, 15) is 4.79 Å². The molecule has 1 atom stereocenters. The van der Waals surface area contributed by atoms with Crippen molar-refractivity contribution >= 4 is 22.2 Å². The second-order valence-corrected chi connectivity index (χ2v) is 6.27. The Balaban J connectivity index is 1.80. The summed E-state index contributed by atoms with van der Waals surface area (Å²) < 4.78 is 5.13. The molecule has 1 aliphatic rings. The number of hydrogen-bond acceptors (Lipinski definition) is 7. The topological polar surface area (TPSA) is 89.9 Å². The number of rotatable bonds is 3. The number of anilines is 2. The van der Waals surface area contributed by atoms with Gasteiger partial charge in [-0.05, 0) is 18.8 Å². The molecule has 21 heavy (non-hydrogen) atoms. The average molecular weight is 306 g/mol. The second-order valence-electron chi connectivity index (χ2n) is 5.49. The highest BCUT2D eigenvalue weighted by Crippen LogP contribution is 2.21. The molecule has 112 valence electrons. The highest BCUT2D eigenvalue weighted by molar-refractivity contribution is 7.09. The van der Waals surface area contributed by atoms with Gasteiger partial charge < -0.3 is 10.6 Å². The predicted molar refractivity (Wildman–Crippen MR) is 82.5 cm³/mol. The molecule has 2 aromatic rings. The average Bonchev–Trinajstić information content (AvgIpc) is 2.86. The van der Waals surface area contributed by atoms with E-state index in [0.717, 1.165) is 36.7 Å². The largest absolute Gasteiger partial charge is 0.388 e. The number of hydrogen-bond donors (Lipinski definition) is 1. The van der Waals surface area contributed by atoms with Crippen LogP contribution >= 0.6 is 11.5 Å². The number of nitrogens with zero attached hydrogens (tertiary/aromatic N) is 5. The van der Waals surface area contributed by atoms with Crippen LogP contribution in [0.15, 0.2) is 17.1 Å². The first-order valence-electron chi connectivity index (χ1n) is 7.02. The third-order valence-electron chi connectivity index (χ3n) is 3.76. The number of piperidine rings is 1. The van der Waals surface area contributed by atoms with Gasteiger partial charge in [0.25, 0.3) is 5.56 Å². The van der Waals surface area contributed by atoms with Gasteiger partial charge in [-0.15, -0.1) is 5.10 Å². The lowest BCUT2D eigenvalue weighted by molar-refractivity contribution is 0.445. The van der Waals surface area contributed by atoms with Crippen LogP contribution in [0.4, 0.5) is 10.7 Å². The first-order chi connectivity index (χ1) is 10.1. The molecule has 7 nitrogen and oxygen atoms in total. The van der Waals surface area contributed by atoms with E-state index in [-0.39, 0.29) is 12.1 Å². The van der Waals surface area contributed by atoms with Crippen molar-refractivity contribution < 1.29 is 0 Å². The van der Waals surface area contributed by atoms with Crippen LogP contribution in [0.1, 0.15) is 25.5 Å². The maximum atomic E-state index is 12.2. The third kappa shape index (κ3) is 3.05. The SMILES string of the molecule is CC1CCCN(c2cnn(Cc3nnsc3N)c(=O)c2)C1. The first-order valence-corrected chi connectivity index (χ1v) is 7.79. The quantitative estimate of drug-likeness (QED) is 0.908. The van der Waals surface area contributed by atoms with E-state index in [2.05, 4.69) is 26.5 Å². The molecule has 0 aromatic carbocycles. The summed E-state index contributed by atoms with van der Waals surface area (Å²) in [5, 5.41) is 8.67. The lowest BCUT2D eigenvalue weighted by Gasteiger charge is -2.32. The van der Waals surface area contributed by atoms with Crippen molar-refractivity contribution in [3.05, 3.63) is 28.3 Å². The summed E-state index contributed by atoms with van der Waals surface area (Å²) in [6.07, 6.45) is 4.15. The van der Waals surface area contributed by atoms with Gasteiger partial charge in [0, 0.05) is 30.7 Å². The van der Waals surface area contributed by atoms with Gasteiger partial charge in [-0.2, -0.15) is 5.10 Å². The summed E-state index contributed by atoms with van der Waals surface area (Å²) >= 11 is 1.12. The van der Waals surface area contributed by atoms with E-state index in [1.165, 1.54) is 11.1 Å². The van der Waals surface area contributed by atoms with Crippen molar-refractivity contribution in [2.75, 3.05) is 23.7 Å². The number of nitrogen functional groups attached to an aromatic ring is 1.